The van der Waals surface area contributed by atoms with Crippen LogP contribution in [0, 0.1) is 27.7 Å². The minimum absolute atomic E-state index is 0.174. The van der Waals surface area contributed by atoms with E-state index in [-0.39, 0.29) is 5.56 Å². The lowest BCUT2D eigenvalue weighted by atomic mass is 10.0. The van der Waals surface area contributed by atoms with E-state index in [9.17, 15) is 14.7 Å². The second-order valence-corrected chi connectivity index (χ2v) is 5.10. The highest BCUT2D eigenvalue weighted by molar-refractivity contribution is 5.88. The molecule has 0 saturated carbocycles. The third-order valence-corrected chi connectivity index (χ3v) is 3.39. The fourth-order valence-electron chi connectivity index (χ4n) is 2.62. The number of benzene rings is 1. The first-order valence-corrected chi connectivity index (χ1v) is 6.36. The van der Waals surface area contributed by atoms with Crippen LogP contribution in [-0.4, -0.2) is 15.6 Å². The van der Waals surface area contributed by atoms with Crippen LogP contribution in [0.4, 0.5) is 0 Å². The van der Waals surface area contributed by atoms with Gasteiger partial charge in [-0.1, -0.05) is 17.7 Å². The van der Waals surface area contributed by atoms with Gasteiger partial charge in [0.2, 0.25) is 0 Å². The molecule has 4 heteroatoms. The van der Waals surface area contributed by atoms with Crippen LogP contribution in [0.3, 0.4) is 0 Å². The molecule has 0 spiro atoms. The highest BCUT2D eigenvalue weighted by Crippen LogP contribution is 2.20. The first-order chi connectivity index (χ1) is 9.32. The van der Waals surface area contributed by atoms with Crippen molar-refractivity contribution in [2.24, 2.45) is 0 Å². The topological polar surface area (TPSA) is 59.3 Å². The Kier molecular flexibility index (Phi) is 3.49. The van der Waals surface area contributed by atoms with Gasteiger partial charge in [-0.2, -0.15) is 0 Å². The van der Waals surface area contributed by atoms with Crippen LogP contribution in [-0.2, 0) is 0 Å². The number of pyridine rings is 1. The fourth-order valence-corrected chi connectivity index (χ4v) is 2.62. The van der Waals surface area contributed by atoms with E-state index in [0.717, 1.165) is 22.4 Å². The van der Waals surface area contributed by atoms with Gasteiger partial charge in [-0.15, -0.1) is 0 Å². The normalized spacial score (nSPS) is 10.6. The van der Waals surface area contributed by atoms with E-state index in [0.29, 0.717) is 5.56 Å². The number of hydrogen-bond acceptors (Lipinski definition) is 2. The number of hydrogen-bond donors (Lipinski definition) is 1. The van der Waals surface area contributed by atoms with Crippen LogP contribution in [0.5, 0.6) is 0 Å². The number of aromatic nitrogens is 1. The average Bonchev–Trinajstić information content (AvgIpc) is 2.30. The predicted molar refractivity (Wildman–Crippen MR) is 77.9 cm³/mol. The third-order valence-electron chi connectivity index (χ3n) is 3.39. The number of carbonyl (C=O) groups is 1. The van der Waals surface area contributed by atoms with E-state index in [2.05, 4.69) is 0 Å². The number of aromatic carboxylic acids is 1. The smallest absolute Gasteiger partial charge is 0.341 e. The molecule has 0 aliphatic carbocycles. The number of carboxylic acids is 1. The first-order valence-electron chi connectivity index (χ1n) is 6.36. The average molecular weight is 271 g/mol. The van der Waals surface area contributed by atoms with E-state index in [1.807, 2.05) is 32.9 Å². The zero-order valence-electron chi connectivity index (χ0n) is 12.0. The molecule has 0 radical (unpaired) electrons. The van der Waals surface area contributed by atoms with Crippen molar-refractivity contribution < 1.29 is 9.90 Å². The summed E-state index contributed by atoms with van der Waals surface area (Å²) < 4.78 is 1.42. The Hall–Kier alpha value is -2.36. The number of rotatable bonds is 2. The minimum Gasteiger partial charge on any atom is -0.477 e. The summed E-state index contributed by atoms with van der Waals surface area (Å²) in [6.07, 6.45) is 1.63. The fraction of sp³-hybridized carbons (Fsp3) is 0.250. The van der Waals surface area contributed by atoms with Crippen molar-refractivity contribution >= 4 is 5.97 Å². The Morgan fingerprint density at radius 2 is 1.60 bits per heavy atom. The molecule has 20 heavy (non-hydrogen) atoms. The molecule has 0 aliphatic heterocycles. The maximum atomic E-state index is 12.4. The van der Waals surface area contributed by atoms with Crippen LogP contribution in [0.25, 0.3) is 5.69 Å². The van der Waals surface area contributed by atoms with Crippen molar-refractivity contribution in [1.82, 2.24) is 4.57 Å². The molecule has 0 atom stereocenters. The molecule has 4 nitrogen and oxygen atoms in total. The van der Waals surface area contributed by atoms with Crippen molar-refractivity contribution in [2.45, 2.75) is 27.7 Å². The SMILES string of the molecule is Cc1cc(C)c(-n2ccc(C)c(C(=O)O)c2=O)c(C)c1. The lowest BCUT2D eigenvalue weighted by molar-refractivity contribution is 0.0693. The van der Waals surface area contributed by atoms with E-state index < -0.39 is 11.5 Å². The number of aryl methyl sites for hydroxylation is 4. The van der Waals surface area contributed by atoms with Crippen LogP contribution in [0.2, 0.25) is 0 Å². The van der Waals surface area contributed by atoms with E-state index in [4.69, 9.17) is 0 Å². The third kappa shape index (κ3) is 2.25. The first kappa shape index (κ1) is 14.1. The number of carboxylic acid groups (broad SMARTS) is 1. The van der Waals surface area contributed by atoms with Crippen LogP contribution in [0.15, 0.2) is 29.2 Å². The van der Waals surface area contributed by atoms with Gasteiger partial charge < -0.3 is 5.11 Å². The van der Waals surface area contributed by atoms with Gasteiger partial charge in [0, 0.05) is 6.20 Å². The van der Waals surface area contributed by atoms with Gasteiger partial charge in [-0.25, -0.2) is 4.79 Å². The summed E-state index contributed by atoms with van der Waals surface area (Å²) >= 11 is 0. The van der Waals surface area contributed by atoms with Gasteiger partial charge >= 0.3 is 5.97 Å². The molecule has 2 aromatic rings. The lowest BCUT2D eigenvalue weighted by Gasteiger charge is -2.15. The molecule has 0 fully saturated rings. The Labute approximate surface area is 117 Å². The number of nitrogens with zero attached hydrogens (tertiary/aromatic N) is 1. The van der Waals surface area contributed by atoms with E-state index in [1.165, 1.54) is 4.57 Å². The summed E-state index contributed by atoms with van der Waals surface area (Å²) in [6, 6.07) is 5.62. The zero-order chi connectivity index (χ0) is 15.0. The molecule has 1 aromatic carbocycles. The molecule has 1 aromatic heterocycles. The molecule has 1 heterocycles. The second kappa shape index (κ2) is 4.96. The minimum atomic E-state index is -1.19. The maximum absolute atomic E-state index is 12.4. The van der Waals surface area contributed by atoms with E-state index >= 15 is 0 Å². The Morgan fingerprint density at radius 3 is 2.10 bits per heavy atom. The van der Waals surface area contributed by atoms with Crippen molar-refractivity contribution in [3.63, 3.8) is 0 Å². The Bertz CT molecular complexity index is 734. The van der Waals surface area contributed by atoms with Gasteiger partial charge in [-0.3, -0.25) is 9.36 Å². The molecule has 2 rings (SSSR count). The molecule has 1 N–H and O–H groups in total. The second-order valence-electron chi connectivity index (χ2n) is 5.10. The van der Waals surface area contributed by atoms with Crippen LogP contribution >= 0.6 is 0 Å². The van der Waals surface area contributed by atoms with Crippen molar-refractivity contribution in [3.05, 3.63) is 62.6 Å². The Balaban J connectivity index is 2.82. The summed E-state index contributed by atoms with van der Waals surface area (Å²) in [4.78, 5) is 23.6. The molecule has 0 unspecified atom stereocenters. The van der Waals surface area contributed by atoms with E-state index in [1.54, 1.807) is 19.2 Å². The molecule has 0 amide bonds. The van der Waals surface area contributed by atoms with Crippen molar-refractivity contribution in [2.75, 3.05) is 0 Å². The summed E-state index contributed by atoms with van der Waals surface area (Å²) in [5.74, 6) is -1.19. The molecular weight excluding hydrogens is 254 g/mol. The molecular formula is C16H17NO3. The summed E-state index contributed by atoms with van der Waals surface area (Å²) in [5, 5.41) is 9.19. The maximum Gasteiger partial charge on any atom is 0.341 e. The van der Waals surface area contributed by atoms with Crippen molar-refractivity contribution in [3.8, 4) is 5.69 Å². The van der Waals surface area contributed by atoms with Gasteiger partial charge in [0.15, 0.2) is 0 Å². The lowest BCUT2D eigenvalue weighted by Crippen LogP contribution is -2.27. The molecule has 0 saturated heterocycles. The predicted octanol–water partition coefficient (Wildman–Crippen LogP) is 2.77. The van der Waals surface area contributed by atoms with Crippen LogP contribution in [0.1, 0.15) is 32.6 Å². The zero-order valence-corrected chi connectivity index (χ0v) is 12.0. The summed E-state index contributed by atoms with van der Waals surface area (Å²) in [6.45, 7) is 7.46. The highest BCUT2D eigenvalue weighted by Gasteiger charge is 2.16. The monoisotopic (exact) mass is 271 g/mol. The summed E-state index contributed by atoms with van der Waals surface area (Å²) in [7, 11) is 0. The molecule has 0 bridgehead atoms. The van der Waals surface area contributed by atoms with Gasteiger partial charge in [0.1, 0.15) is 5.56 Å². The molecule has 104 valence electrons. The van der Waals surface area contributed by atoms with Gasteiger partial charge in [0.05, 0.1) is 5.69 Å². The molecule has 0 aliphatic rings. The van der Waals surface area contributed by atoms with Gasteiger partial charge in [0.25, 0.3) is 5.56 Å². The van der Waals surface area contributed by atoms with Crippen molar-refractivity contribution in [1.29, 1.82) is 0 Å². The quantitative estimate of drug-likeness (QED) is 0.913. The largest absolute Gasteiger partial charge is 0.477 e. The Morgan fingerprint density at radius 1 is 1.05 bits per heavy atom. The van der Waals surface area contributed by atoms with Crippen LogP contribution < -0.4 is 5.56 Å². The van der Waals surface area contributed by atoms with Gasteiger partial charge in [-0.05, 0) is 50.5 Å². The summed E-state index contributed by atoms with van der Waals surface area (Å²) in [5.41, 5.74) is 3.57. The standard InChI is InChI=1S/C16H17NO3/c1-9-7-11(3)14(12(4)8-9)17-6-5-10(2)13(15(17)18)16(19)20/h5-8H,1-4H3,(H,19,20). The highest BCUT2D eigenvalue weighted by atomic mass is 16.4.